The summed E-state index contributed by atoms with van der Waals surface area (Å²) >= 11 is 7.51. The van der Waals surface area contributed by atoms with Gasteiger partial charge < -0.3 is 5.32 Å². The zero-order valence-electron chi connectivity index (χ0n) is 10.8. The lowest BCUT2D eigenvalue weighted by Crippen LogP contribution is -2.19. The van der Waals surface area contributed by atoms with Crippen molar-refractivity contribution in [1.29, 1.82) is 0 Å². The van der Waals surface area contributed by atoms with Gasteiger partial charge in [0.2, 0.25) is 11.7 Å². The van der Waals surface area contributed by atoms with E-state index in [4.69, 9.17) is 11.6 Å². The van der Waals surface area contributed by atoms with Crippen LogP contribution in [-0.2, 0) is 11.2 Å². The summed E-state index contributed by atoms with van der Waals surface area (Å²) in [5.41, 5.74) is 3.33. The number of fused-ring (bicyclic) bond motifs is 1. The minimum absolute atomic E-state index is 0.0218. The maximum atomic E-state index is 12.5. The van der Waals surface area contributed by atoms with Gasteiger partial charge in [-0.05, 0) is 48.1 Å². The Morgan fingerprint density at radius 2 is 2.15 bits per heavy atom. The number of thiophene rings is 1. The van der Waals surface area contributed by atoms with Gasteiger partial charge in [0.15, 0.2) is 0 Å². The SMILES string of the molecule is Cc1csc(C(=O)c2ccc3c(c2)CCC(=O)N3)c1Cl. The molecule has 0 spiro atoms. The first-order valence-corrected chi connectivity index (χ1v) is 7.53. The van der Waals surface area contributed by atoms with E-state index in [1.165, 1.54) is 11.3 Å². The van der Waals surface area contributed by atoms with E-state index in [0.717, 1.165) is 16.8 Å². The van der Waals surface area contributed by atoms with Gasteiger partial charge in [0.05, 0.1) is 9.90 Å². The number of anilines is 1. The maximum Gasteiger partial charge on any atom is 0.224 e. The molecule has 0 saturated carbocycles. The zero-order chi connectivity index (χ0) is 14.3. The van der Waals surface area contributed by atoms with Crippen molar-refractivity contribution in [2.75, 3.05) is 5.32 Å². The van der Waals surface area contributed by atoms with Crippen molar-refractivity contribution in [3.63, 3.8) is 0 Å². The Kier molecular flexibility index (Phi) is 3.36. The quantitative estimate of drug-likeness (QED) is 0.857. The van der Waals surface area contributed by atoms with Crippen LogP contribution in [0.1, 0.15) is 32.8 Å². The van der Waals surface area contributed by atoms with Crippen LogP contribution in [-0.4, -0.2) is 11.7 Å². The molecule has 0 saturated heterocycles. The van der Waals surface area contributed by atoms with E-state index in [-0.39, 0.29) is 11.7 Å². The standard InChI is InChI=1S/C15H12ClNO2S/c1-8-7-20-15(13(8)16)14(19)10-2-4-11-9(6-10)3-5-12(18)17-11/h2,4,6-7H,3,5H2,1H3,(H,17,18). The van der Waals surface area contributed by atoms with Crippen molar-refractivity contribution in [3.05, 3.63) is 50.2 Å². The minimum Gasteiger partial charge on any atom is -0.326 e. The number of hydrogen-bond acceptors (Lipinski definition) is 3. The third-order valence-corrected chi connectivity index (χ3v) is 5.06. The molecule has 1 aromatic heterocycles. The Labute approximate surface area is 125 Å². The molecular formula is C15H12ClNO2S. The fraction of sp³-hybridized carbons (Fsp3) is 0.200. The number of ketones is 1. The van der Waals surface area contributed by atoms with Crippen LogP contribution < -0.4 is 5.32 Å². The number of nitrogens with one attached hydrogen (secondary N) is 1. The maximum absolute atomic E-state index is 12.5. The van der Waals surface area contributed by atoms with Crippen LogP contribution in [0.4, 0.5) is 5.69 Å². The van der Waals surface area contributed by atoms with Crippen molar-refractivity contribution >= 4 is 40.3 Å². The van der Waals surface area contributed by atoms with E-state index < -0.39 is 0 Å². The van der Waals surface area contributed by atoms with Crippen LogP contribution in [0.25, 0.3) is 0 Å². The molecule has 5 heteroatoms. The number of carbonyl (C=O) groups excluding carboxylic acids is 2. The molecule has 0 fully saturated rings. The molecule has 1 N–H and O–H groups in total. The zero-order valence-corrected chi connectivity index (χ0v) is 12.4. The molecule has 0 atom stereocenters. The van der Waals surface area contributed by atoms with Crippen LogP contribution in [0.15, 0.2) is 23.6 Å². The fourth-order valence-corrected chi connectivity index (χ4v) is 3.48. The van der Waals surface area contributed by atoms with Gasteiger partial charge in [-0.1, -0.05) is 11.6 Å². The first-order valence-electron chi connectivity index (χ1n) is 6.27. The fourth-order valence-electron chi connectivity index (χ4n) is 2.24. The first kappa shape index (κ1) is 13.3. The molecule has 1 aliphatic rings. The lowest BCUT2D eigenvalue weighted by molar-refractivity contribution is -0.116. The van der Waals surface area contributed by atoms with Gasteiger partial charge in [-0.3, -0.25) is 9.59 Å². The smallest absolute Gasteiger partial charge is 0.224 e. The van der Waals surface area contributed by atoms with Crippen molar-refractivity contribution in [2.45, 2.75) is 19.8 Å². The molecule has 0 bridgehead atoms. The van der Waals surface area contributed by atoms with Gasteiger partial charge in [-0.25, -0.2) is 0 Å². The number of amides is 1. The van der Waals surface area contributed by atoms with Crippen molar-refractivity contribution in [1.82, 2.24) is 0 Å². The highest BCUT2D eigenvalue weighted by Gasteiger charge is 2.20. The van der Waals surface area contributed by atoms with E-state index in [9.17, 15) is 9.59 Å². The van der Waals surface area contributed by atoms with Crippen LogP contribution in [0.3, 0.4) is 0 Å². The molecular weight excluding hydrogens is 294 g/mol. The molecule has 2 aromatic rings. The van der Waals surface area contributed by atoms with Gasteiger partial charge in [0.25, 0.3) is 0 Å². The molecule has 0 aliphatic carbocycles. The second kappa shape index (κ2) is 5.04. The van der Waals surface area contributed by atoms with Crippen LogP contribution in [0, 0.1) is 6.92 Å². The average Bonchev–Trinajstić information content (AvgIpc) is 2.77. The van der Waals surface area contributed by atoms with Gasteiger partial charge in [-0.2, -0.15) is 0 Å². The Balaban J connectivity index is 1.97. The minimum atomic E-state index is -0.0622. The molecule has 2 heterocycles. The topological polar surface area (TPSA) is 46.2 Å². The predicted octanol–water partition coefficient (Wildman–Crippen LogP) is 3.83. The number of rotatable bonds is 2. The Morgan fingerprint density at radius 1 is 1.35 bits per heavy atom. The normalized spacial score (nSPS) is 13.8. The van der Waals surface area contributed by atoms with Crippen LogP contribution in [0.2, 0.25) is 5.02 Å². The number of hydrogen-bond donors (Lipinski definition) is 1. The van der Waals surface area contributed by atoms with Crippen LogP contribution in [0.5, 0.6) is 0 Å². The lowest BCUT2D eigenvalue weighted by atomic mass is 9.98. The summed E-state index contributed by atoms with van der Waals surface area (Å²) in [6.07, 6.45) is 1.13. The summed E-state index contributed by atoms with van der Waals surface area (Å²) in [5.74, 6) is -0.0405. The Hall–Kier alpha value is -1.65. The van der Waals surface area contributed by atoms with Gasteiger partial charge in [-0.15, -0.1) is 11.3 Å². The van der Waals surface area contributed by atoms with Crippen LogP contribution >= 0.6 is 22.9 Å². The van der Waals surface area contributed by atoms with Gasteiger partial charge in [0.1, 0.15) is 0 Å². The molecule has 102 valence electrons. The summed E-state index contributed by atoms with van der Waals surface area (Å²) in [6.45, 7) is 1.89. The molecule has 1 aliphatic heterocycles. The van der Waals surface area contributed by atoms with Gasteiger partial charge >= 0.3 is 0 Å². The molecule has 3 rings (SSSR count). The number of benzene rings is 1. The number of carbonyl (C=O) groups is 2. The lowest BCUT2D eigenvalue weighted by Gasteiger charge is -2.17. The average molecular weight is 306 g/mol. The first-order chi connectivity index (χ1) is 9.56. The number of aryl methyl sites for hydroxylation is 2. The summed E-state index contributed by atoms with van der Waals surface area (Å²) in [6, 6.07) is 5.37. The molecule has 0 unspecified atom stereocenters. The summed E-state index contributed by atoms with van der Waals surface area (Å²) in [7, 11) is 0. The largest absolute Gasteiger partial charge is 0.326 e. The van der Waals surface area contributed by atoms with E-state index in [1.54, 1.807) is 12.1 Å². The highest BCUT2D eigenvalue weighted by atomic mass is 35.5. The molecule has 3 nitrogen and oxygen atoms in total. The molecule has 0 radical (unpaired) electrons. The van der Waals surface area contributed by atoms with E-state index in [2.05, 4.69) is 5.32 Å². The van der Waals surface area contributed by atoms with Crippen molar-refractivity contribution < 1.29 is 9.59 Å². The summed E-state index contributed by atoms with van der Waals surface area (Å²) in [4.78, 5) is 24.4. The number of halogens is 1. The molecule has 20 heavy (non-hydrogen) atoms. The van der Waals surface area contributed by atoms with E-state index in [1.807, 2.05) is 18.4 Å². The molecule has 1 aromatic carbocycles. The Bertz CT molecular complexity index is 721. The van der Waals surface area contributed by atoms with E-state index in [0.29, 0.717) is 28.3 Å². The van der Waals surface area contributed by atoms with E-state index >= 15 is 0 Å². The van der Waals surface area contributed by atoms with Crippen molar-refractivity contribution in [3.8, 4) is 0 Å². The summed E-state index contributed by atoms with van der Waals surface area (Å²) < 4.78 is 0. The van der Waals surface area contributed by atoms with Crippen molar-refractivity contribution in [2.24, 2.45) is 0 Å². The third kappa shape index (κ3) is 2.25. The Morgan fingerprint density at radius 3 is 2.85 bits per heavy atom. The predicted molar refractivity (Wildman–Crippen MR) is 80.9 cm³/mol. The molecule has 1 amide bonds. The highest BCUT2D eigenvalue weighted by molar-refractivity contribution is 7.13. The van der Waals surface area contributed by atoms with Gasteiger partial charge in [0, 0.05) is 17.7 Å². The monoisotopic (exact) mass is 305 g/mol. The summed E-state index contributed by atoms with van der Waals surface area (Å²) in [5, 5.41) is 5.22. The third-order valence-electron chi connectivity index (χ3n) is 3.37. The second-order valence-corrected chi connectivity index (χ2v) is 6.07. The highest BCUT2D eigenvalue weighted by Crippen LogP contribution is 2.31. The second-order valence-electron chi connectivity index (χ2n) is 4.81.